The molecule has 3 saturated heterocycles. The fourth-order valence-corrected chi connectivity index (χ4v) is 8.98. The quantitative estimate of drug-likeness (QED) is 0.0648. The highest BCUT2D eigenvalue weighted by atomic mass is 35.5. The van der Waals surface area contributed by atoms with E-state index >= 15 is 0 Å². The molecule has 0 spiro atoms. The van der Waals surface area contributed by atoms with E-state index in [0.717, 1.165) is 72.1 Å². The monoisotopic (exact) mass is 1040 g/mol. The maximum Gasteiger partial charge on any atom is 0.163 e. The lowest BCUT2D eigenvalue weighted by Gasteiger charge is -2.37. The van der Waals surface area contributed by atoms with Crippen molar-refractivity contribution < 1.29 is 47.8 Å². The minimum atomic E-state index is -0.726. The molecule has 18 nitrogen and oxygen atoms in total. The molecular formula is C50H60Cl2F2N10O8. The van der Waals surface area contributed by atoms with Crippen molar-refractivity contribution in [1.82, 2.24) is 39.5 Å². The Kier molecular flexibility index (Phi) is 18.6. The number of hydrogen-bond acceptors (Lipinski definition) is 18. The van der Waals surface area contributed by atoms with Crippen LogP contribution < -0.4 is 29.6 Å². The third-order valence-corrected chi connectivity index (χ3v) is 13.0. The van der Waals surface area contributed by atoms with E-state index in [9.17, 15) is 24.1 Å². The molecule has 0 bridgehead atoms. The fraction of sp³-hybridized carbons (Fsp3) is 0.440. The van der Waals surface area contributed by atoms with Crippen LogP contribution in [-0.2, 0) is 4.74 Å². The van der Waals surface area contributed by atoms with Gasteiger partial charge in [-0.25, -0.2) is 28.7 Å². The van der Waals surface area contributed by atoms with Crippen molar-refractivity contribution in [3.63, 3.8) is 0 Å². The molecule has 0 aliphatic carbocycles. The van der Waals surface area contributed by atoms with Crippen LogP contribution in [0.2, 0.25) is 10.0 Å². The number of nitrogens with zero attached hydrogens (tertiary/aromatic N) is 8. The molecule has 3 fully saturated rings. The molecule has 0 amide bonds. The second-order valence-corrected chi connectivity index (χ2v) is 18.6. The highest BCUT2D eigenvalue weighted by molar-refractivity contribution is 6.31. The number of benzene rings is 4. The van der Waals surface area contributed by atoms with E-state index < -0.39 is 23.8 Å². The molecule has 3 unspecified atom stereocenters. The van der Waals surface area contributed by atoms with Gasteiger partial charge in [-0.3, -0.25) is 19.6 Å². The number of nitrogens with one attached hydrogen (secondary N) is 2. The number of morpholine rings is 1. The number of rotatable bonds is 19. The Morgan fingerprint density at radius 1 is 0.625 bits per heavy atom. The molecule has 3 aliphatic rings. The summed E-state index contributed by atoms with van der Waals surface area (Å²) in [5, 5.41) is 38.5. The smallest absolute Gasteiger partial charge is 0.163 e. The molecule has 3 aliphatic heterocycles. The Morgan fingerprint density at radius 3 is 1.56 bits per heavy atom. The molecule has 22 heteroatoms. The average molecular weight is 1040 g/mol. The summed E-state index contributed by atoms with van der Waals surface area (Å²) in [6.45, 7) is 12.1. The third kappa shape index (κ3) is 14.4. The number of methoxy groups -OCH3 is 2. The van der Waals surface area contributed by atoms with Crippen molar-refractivity contribution in [3.8, 4) is 23.0 Å². The molecule has 4 aromatic carbocycles. The van der Waals surface area contributed by atoms with Crippen molar-refractivity contribution in [1.29, 1.82) is 0 Å². The zero-order valence-corrected chi connectivity index (χ0v) is 41.7. The van der Waals surface area contributed by atoms with Crippen LogP contribution in [0.1, 0.15) is 6.42 Å². The summed E-state index contributed by atoms with van der Waals surface area (Å²) in [7, 11) is 3.05. The number of halogens is 4. The van der Waals surface area contributed by atoms with Crippen LogP contribution in [0.5, 0.6) is 23.0 Å². The zero-order chi connectivity index (χ0) is 50.6. The summed E-state index contributed by atoms with van der Waals surface area (Å²) in [4.78, 5) is 26.3. The molecule has 3 atom stereocenters. The number of aliphatic hydroxyl groups is 3. The summed E-state index contributed by atoms with van der Waals surface area (Å²) >= 11 is 11.7. The van der Waals surface area contributed by atoms with Gasteiger partial charge < -0.3 is 49.6 Å². The van der Waals surface area contributed by atoms with Crippen molar-refractivity contribution in [2.24, 2.45) is 0 Å². The molecule has 386 valence electrons. The number of piperazine rings is 1. The molecule has 6 aromatic rings. The molecule has 9 rings (SSSR count). The van der Waals surface area contributed by atoms with Crippen LogP contribution in [0.4, 0.5) is 31.8 Å². The molecule has 5 N–H and O–H groups in total. The standard InChI is InChI=1S/C28H36ClFN6O4.C22H24ClFN4O4/c1-38-26-15-22-25(31-19-32-28(22)33-24-3-2-20(29)14-23(24)30)16-27(26)40-18-21(37)17-36-8-6-34(7-9-36)4-5-35-10-12-39-13-11-35;1-31-20-7-16-19(8-21(20)32-11-15(30)10-28-5-4-14(29)9-28)25-12-26-22(16)27-18-3-2-13(23)6-17(18)24/h2-3,14-16,19,21,37H,4-13,17-18H2,1H3,(H,31,32,33);2-3,6-8,12,14-15,29-30H,4-5,9-11H2,1H3,(H,25,26,27). The number of anilines is 4. The number of β-amino-alcohol motifs (C(OH)–C–C–N with tert-alkyl or cyclic N) is 3. The topological polar surface area (TPSA) is 195 Å². The lowest BCUT2D eigenvalue weighted by molar-refractivity contribution is 0.0240. The Balaban J connectivity index is 0.000000197. The Morgan fingerprint density at radius 2 is 1.10 bits per heavy atom. The number of fused-ring (bicyclic) bond motifs is 2. The maximum absolute atomic E-state index is 14.3. The Hall–Kier alpha value is -5.52. The van der Waals surface area contributed by atoms with Gasteiger partial charge in [0.1, 0.15) is 61.3 Å². The molecule has 72 heavy (non-hydrogen) atoms. The lowest BCUT2D eigenvalue weighted by Crippen LogP contribution is -2.51. The van der Waals surface area contributed by atoms with E-state index in [-0.39, 0.29) is 30.7 Å². The second-order valence-electron chi connectivity index (χ2n) is 17.7. The minimum Gasteiger partial charge on any atom is -0.493 e. The summed E-state index contributed by atoms with van der Waals surface area (Å²) in [5.41, 5.74) is 1.61. The van der Waals surface area contributed by atoms with Gasteiger partial charge in [0.05, 0.1) is 55.9 Å². The van der Waals surface area contributed by atoms with Gasteiger partial charge in [0, 0.05) is 111 Å². The van der Waals surface area contributed by atoms with E-state index in [1.54, 1.807) is 49.6 Å². The second kappa shape index (κ2) is 25.4. The molecule has 5 heterocycles. The van der Waals surface area contributed by atoms with Gasteiger partial charge in [-0.2, -0.15) is 0 Å². The minimum absolute atomic E-state index is 0.0562. The van der Waals surface area contributed by atoms with E-state index in [1.807, 2.05) is 4.90 Å². The first kappa shape index (κ1) is 52.8. The fourth-order valence-electron chi connectivity index (χ4n) is 8.66. The summed E-state index contributed by atoms with van der Waals surface area (Å²) in [5.74, 6) is 1.59. The van der Waals surface area contributed by atoms with Gasteiger partial charge in [0.25, 0.3) is 0 Å². The van der Waals surface area contributed by atoms with Crippen LogP contribution >= 0.6 is 23.2 Å². The van der Waals surface area contributed by atoms with Crippen LogP contribution in [0.3, 0.4) is 0 Å². The van der Waals surface area contributed by atoms with Crippen LogP contribution in [0.25, 0.3) is 21.8 Å². The molecule has 0 saturated carbocycles. The SMILES string of the molecule is COc1cc2c(Nc3ccc(Cl)cc3F)ncnc2cc1OCC(O)CN1CCC(O)C1.COc1cc2c(Nc3ccc(Cl)cc3F)ncnc2cc1OCC(O)CN1CCN(CCN2CCOCC2)CC1. The third-order valence-electron chi connectivity index (χ3n) is 12.6. The van der Waals surface area contributed by atoms with Crippen LogP contribution in [0, 0.1) is 11.6 Å². The Bertz CT molecular complexity index is 2740. The van der Waals surface area contributed by atoms with Gasteiger partial charge in [-0.15, -0.1) is 0 Å². The van der Waals surface area contributed by atoms with Gasteiger partial charge in [0.15, 0.2) is 23.0 Å². The predicted octanol–water partition coefficient (Wildman–Crippen LogP) is 5.84. The number of likely N-dealkylation sites (tertiary alicyclic amines) is 1. The van der Waals surface area contributed by atoms with Gasteiger partial charge in [-0.1, -0.05) is 23.2 Å². The molecular weight excluding hydrogens is 978 g/mol. The lowest BCUT2D eigenvalue weighted by atomic mass is 10.2. The Labute approximate surface area is 426 Å². The normalized spacial score (nSPS) is 17.8. The van der Waals surface area contributed by atoms with E-state index in [1.165, 1.54) is 38.0 Å². The number of aliphatic hydroxyl groups excluding tert-OH is 3. The average Bonchev–Trinajstić information content (AvgIpc) is 3.80. The van der Waals surface area contributed by atoms with Gasteiger partial charge in [0.2, 0.25) is 0 Å². The van der Waals surface area contributed by atoms with E-state index in [2.05, 4.69) is 45.3 Å². The van der Waals surface area contributed by atoms with Crippen LogP contribution in [-0.4, -0.2) is 192 Å². The van der Waals surface area contributed by atoms with Gasteiger partial charge >= 0.3 is 0 Å². The summed E-state index contributed by atoms with van der Waals surface area (Å²) in [6.07, 6.45) is 1.74. The summed E-state index contributed by atoms with van der Waals surface area (Å²) < 4.78 is 56.8. The molecule has 0 radical (unpaired) electrons. The van der Waals surface area contributed by atoms with Crippen LogP contribution in [0.15, 0.2) is 73.3 Å². The zero-order valence-electron chi connectivity index (χ0n) is 40.2. The molecule has 2 aromatic heterocycles. The van der Waals surface area contributed by atoms with E-state index in [0.29, 0.717) is 92.5 Å². The summed E-state index contributed by atoms with van der Waals surface area (Å²) in [6, 6.07) is 15.6. The highest BCUT2D eigenvalue weighted by Gasteiger charge is 2.24. The van der Waals surface area contributed by atoms with Crippen molar-refractivity contribution in [3.05, 3.63) is 95.0 Å². The van der Waals surface area contributed by atoms with Crippen molar-refractivity contribution in [2.45, 2.75) is 24.7 Å². The van der Waals surface area contributed by atoms with Crippen molar-refractivity contribution >= 4 is 68.0 Å². The largest absolute Gasteiger partial charge is 0.493 e. The van der Waals surface area contributed by atoms with Gasteiger partial charge in [-0.05, 0) is 55.0 Å². The first-order chi connectivity index (χ1) is 34.9. The number of aromatic nitrogens is 4. The van der Waals surface area contributed by atoms with E-state index in [4.69, 9.17) is 46.9 Å². The number of hydrogen-bond donors (Lipinski definition) is 5. The predicted molar refractivity (Wildman–Crippen MR) is 272 cm³/mol. The number of ether oxygens (including phenoxy) is 5. The van der Waals surface area contributed by atoms with Crippen molar-refractivity contribution in [2.75, 3.05) is 130 Å². The first-order valence-electron chi connectivity index (χ1n) is 23.8. The highest BCUT2D eigenvalue weighted by Crippen LogP contribution is 2.37. The first-order valence-corrected chi connectivity index (χ1v) is 24.5. The maximum atomic E-state index is 14.3.